The second-order valence-corrected chi connectivity index (χ2v) is 6.16. The van der Waals surface area contributed by atoms with Crippen LogP contribution in [0.3, 0.4) is 0 Å². The van der Waals surface area contributed by atoms with Crippen LogP contribution >= 0.6 is 0 Å². The number of piperidine rings is 1. The highest BCUT2D eigenvalue weighted by molar-refractivity contribution is 5.99. The van der Waals surface area contributed by atoms with Gasteiger partial charge in [-0.3, -0.25) is 9.89 Å². The molecule has 1 saturated heterocycles. The average Bonchev–Trinajstić information content (AvgIpc) is 2.76. The van der Waals surface area contributed by atoms with Crippen molar-refractivity contribution in [2.45, 2.75) is 44.6 Å². The van der Waals surface area contributed by atoms with Crippen molar-refractivity contribution in [1.29, 1.82) is 0 Å². The van der Waals surface area contributed by atoms with Gasteiger partial charge in [-0.2, -0.15) is 5.10 Å². The molecule has 2 aliphatic rings. The molecule has 2 unspecified atom stereocenters. The van der Waals surface area contributed by atoms with Crippen LogP contribution in [0.5, 0.6) is 0 Å². The molecule has 110 valence electrons. The summed E-state index contributed by atoms with van der Waals surface area (Å²) in [6, 6.07) is 0. The summed E-state index contributed by atoms with van der Waals surface area (Å²) >= 11 is 0. The van der Waals surface area contributed by atoms with Gasteiger partial charge in [0.25, 0.3) is 5.91 Å². The number of H-pyrrole nitrogens is 1. The number of likely N-dealkylation sites (tertiary alicyclic amines) is 1. The number of aliphatic hydroxyl groups is 1. The van der Waals surface area contributed by atoms with Crippen LogP contribution in [0.25, 0.3) is 0 Å². The fraction of sp³-hybridized carbons (Fsp3) is 0.714. The quantitative estimate of drug-likeness (QED) is 0.716. The lowest BCUT2D eigenvalue weighted by Crippen LogP contribution is -2.54. The molecule has 3 rings (SSSR count). The number of aromatic nitrogens is 2. The lowest BCUT2D eigenvalue weighted by Gasteiger charge is -2.47. The van der Waals surface area contributed by atoms with E-state index in [0.29, 0.717) is 30.8 Å². The number of amides is 1. The average molecular weight is 278 g/mol. The molecular formula is C14H22N4O2. The van der Waals surface area contributed by atoms with Gasteiger partial charge in [-0.15, -0.1) is 0 Å². The first kappa shape index (κ1) is 13.4. The standard InChI is InChI=1S/C14H22N4O2/c1-9-11(12(15)17-16-9)13(19)18-7-6-14(20)5-3-2-4-10(14)8-18/h10,20H,2-8H2,1H3,(H3,15,16,17). The highest BCUT2D eigenvalue weighted by Gasteiger charge is 2.44. The van der Waals surface area contributed by atoms with Gasteiger partial charge in [0, 0.05) is 24.7 Å². The first-order valence-corrected chi connectivity index (χ1v) is 7.33. The molecule has 1 aromatic rings. The largest absolute Gasteiger partial charge is 0.389 e. The Labute approximate surface area is 118 Å². The predicted octanol–water partition coefficient (Wildman–Crippen LogP) is 1.07. The Morgan fingerprint density at radius 2 is 2.30 bits per heavy atom. The van der Waals surface area contributed by atoms with Gasteiger partial charge in [-0.25, -0.2) is 0 Å². The maximum Gasteiger partial charge on any atom is 0.259 e. The van der Waals surface area contributed by atoms with Gasteiger partial charge in [0.1, 0.15) is 5.56 Å². The third kappa shape index (κ3) is 2.08. The lowest BCUT2D eigenvalue weighted by molar-refractivity contribution is -0.0886. The van der Waals surface area contributed by atoms with E-state index < -0.39 is 5.60 Å². The molecule has 0 radical (unpaired) electrons. The Kier molecular flexibility index (Phi) is 3.20. The van der Waals surface area contributed by atoms with E-state index in [2.05, 4.69) is 10.2 Å². The van der Waals surface area contributed by atoms with Crippen molar-refractivity contribution >= 4 is 11.7 Å². The van der Waals surface area contributed by atoms with E-state index in [9.17, 15) is 9.90 Å². The normalized spacial score (nSPS) is 30.1. The molecule has 4 N–H and O–H groups in total. The zero-order chi connectivity index (χ0) is 14.3. The van der Waals surface area contributed by atoms with Crippen LogP contribution in [-0.4, -0.2) is 44.8 Å². The summed E-state index contributed by atoms with van der Waals surface area (Å²) in [6.45, 7) is 3.02. The van der Waals surface area contributed by atoms with Crippen molar-refractivity contribution in [3.8, 4) is 0 Å². The molecule has 1 aliphatic heterocycles. The Morgan fingerprint density at radius 1 is 1.50 bits per heavy atom. The SMILES string of the molecule is Cc1[nH]nc(N)c1C(=O)N1CCC2(O)CCCCC2C1. The van der Waals surface area contributed by atoms with E-state index in [1.165, 1.54) is 0 Å². The molecule has 2 fully saturated rings. The molecule has 0 spiro atoms. The van der Waals surface area contributed by atoms with Crippen molar-refractivity contribution in [3.63, 3.8) is 0 Å². The van der Waals surface area contributed by atoms with Crippen LogP contribution < -0.4 is 5.73 Å². The van der Waals surface area contributed by atoms with Crippen LogP contribution in [0.2, 0.25) is 0 Å². The molecule has 6 nitrogen and oxygen atoms in total. The summed E-state index contributed by atoms with van der Waals surface area (Å²) in [6.07, 6.45) is 4.77. The Morgan fingerprint density at radius 3 is 3.00 bits per heavy atom. The molecule has 1 aromatic heterocycles. The van der Waals surface area contributed by atoms with E-state index in [0.717, 1.165) is 25.7 Å². The topological polar surface area (TPSA) is 95.2 Å². The number of aromatic amines is 1. The highest BCUT2D eigenvalue weighted by atomic mass is 16.3. The molecule has 1 aliphatic carbocycles. The van der Waals surface area contributed by atoms with Gasteiger partial charge in [-0.1, -0.05) is 12.8 Å². The van der Waals surface area contributed by atoms with E-state index in [1.54, 1.807) is 6.92 Å². The van der Waals surface area contributed by atoms with Gasteiger partial charge in [0.2, 0.25) is 0 Å². The van der Waals surface area contributed by atoms with Gasteiger partial charge < -0.3 is 15.7 Å². The number of nitrogens with one attached hydrogen (secondary N) is 1. The summed E-state index contributed by atoms with van der Waals surface area (Å²) in [7, 11) is 0. The van der Waals surface area contributed by atoms with E-state index in [1.807, 2.05) is 4.90 Å². The fourth-order valence-corrected chi connectivity index (χ4v) is 3.63. The van der Waals surface area contributed by atoms with E-state index in [4.69, 9.17) is 5.73 Å². The van der Waals surface area contributed by atoms with Crippen molar-refractivity contribution in [2.24, 2.45) is 5.92 Å². The van der Waals surface area contributed by atoms with Crippen molar-refractivity contribution in [2.75, 3.05) is 18.8 Å². The fourth-order valence-electron chi connectivity index (χ4n) is 3.63. The maximum absolute atomic E-state index is 12.6. The molecule has 2 atom stereocenters. The second-order valence-electron chi connectivity index (χ2n) is 6.16. The number of carbonyl (C=O) groups excluding carboxylic acids is 1. The number of fused-ring (bicyclic) bond motifs is 1. The number of aryl methyl sites for hydroxylation is 1. The molecule has 20 heavy (non-hydrogen) atoms. The minimum absolute atomic E-state index is 0.0682. The highest BCUT2D eigenvalue weighted by Crippen LogP contribution is 2.40. The smallest absolute Gasteiger partial charge is 0.259 e. The predicted molar refractivity (Wildman–Crippen MR) is 75.2 cm³/mol. The van der Waals surface area contributed by atoms with Gasteiger partial charge in [0.05, 0.1) is 5.60 Å². The minimum atomic E-state index is -0.563. The Bertz CT molecular complexity index is 508. The minimum Gasteiger partial charge on any atom is -0.389 e. The third-order valence-electron chi connectivity index (χ3n) is 4.90. The zero-order valence-electron chi connectivity index (χ0n) is 11.9. The summed E-state index contributed by atoms with van der Waals surface area (Å²) in [4.78, 5) is 14.4. The maximum atomic E-state index is 12.6. The Hall–Kier alpha value is -1.56. The van der Waals surface area contributed by atoms with Crippen molar-refractivity contribution < 1.29 is 9.90 Å². The van der Waals surface area contributed by atoms with Gasteiger partial charge >= 0.3 is 0 Å². The molecule has 6 heteroatoms. The number of nitrogen functional groups attached to an aromatic ring is 1. The number of hydrogen-bond acceptors (Lipinski definition) is 4. The van der Waals surface area contributed by atoms with Crippen LogP contribution in [0.1, 0.15) is 48.2 Å². The van der Waals surface area contributed by atoms with Crippen LogP contribution in [-0.2, 0) is 0 Å². The van der Waals surface area contributed by atoms with Crippen LogP contribution in [0.4, 0.5) is 5.82 Å². The monoisotopic (exact) mass is 278 g/mol. The van der Waals surface area contributed by atoms with Crippen LogP contribution in [0, 0.1) is 12.8 Å². The number of rotatable bonds is 1. The number of carbonyl (C=O) groups is 1. The summed E-state index contributed by atoms with van der Waals surface area (Å²) in [5.74, 6) is 0.390. The molecule has 0 bridgehead atoms. The summed E-state index contributed by atoms with van der Waals surface area (Å²) in [5.41, 5.74) is 6.39. The van der Waals surface area contributed by atoms with Crippen LogP contribution in [0.15, 0.2) is 0 Å². The first-order chi connectivity index (χ1) is 9.51. The summed E-state index contributed by atoms with van der Waals surface area (Å²) in [5, 5.41) is 17.3. The number of nitrogens with two attached hydrogens (primary N) is 1. The zero-order valence-corrected chi connectivity index (χ0v) is 11.9. The lowest BCUT2D eigenvalue weighted by atomic mass is 9.71. The molecular weight excluding hydrogens is 256 g/mol. The van der Waals surface area contributed by atoms with Crippen molar-refractivity contribution in [3.05, 3.63) is 11.3 Å². The number of hydrogen-bond donors (Lipinski definition) is 3. The van der Waals surface area contributed by atoms with Gasteiger partial charge in [-0.05, 0) is 26.2 Å². The molecule has 1 amide bonds. The number of nitrogens with zero attached hydrogens (tertiary/aromatic N) is 2. The Balaban J connectivity index is 1.78. The first-order valence-electron chi connectivity index (χ1n) is 7.33. The third-order valence-corrected chi connectivity index (χ3v) is 4.90. The number of anilines is 1. The molecule has 0 aromatic carbocycles. The van der Waals surface area contributed by atoms with E-state index >= 15 is 0 Å². The van der Waals surface area contributed by atoms with Crippen molar-refractivity contribution in [1.82, 2.24) is 15.1 Å². The van der Waals surface area contributed by atoms with Gasteiger partial charge in [0.15, 0.2) is 5.82 Å². The second kappa shape index (κ2) is 4.77. The van der Waals surface area contributed by atoms with E-state index in [-0.39, 0.29) is 17.6 Å². The molecule has 1 saturated carbocycles. The summed E-state index contributed by atoms with van der Waals surface area (Å²) < 4.78 is 0. The molecule has 2 heterocycles.